The summed E-state index contributed by atoms with van der Waals surface area (Å²) in [6.07, 6.45) is 4.05. The molecule has 144 valence electrons. The van der Waals surface area contributed by atoms with Gasteiger partial charge in [-0.25, -0.2) is 4.98 Å². The molecule has 0 saturated carbocycles. The Bertz CT molecular complexity index is 1000. The fourth-order valence-electron chi connectivity index (χ4n) is 3.20. The number of aryl methyl sites for hydroxylation is 1. The Labute approximate surface area is 161 Å². The Kier molecular flexibility index (Phi) is 4.90. The number of benzene rings is 1. The second-order valence-electron chi connectivity index (χ2n) is 6.68. The molecule has 9 heteroatoms. The van der Waals surface area contributed by atoms with Gasteiger partial charge in [-0.2, -0.15) is 5.10 Å². The Balaban J connectivity index is 1.49. The third-order valence-electron chi connectivity index (χ3n) is 4.58. The van der Waals surface area contributed by atoms with Crippen molar-refractivity contribution < 1.29 is 9.90 Å². The van der Waals surface area contributed by atoms with E-state index in [1.165, 1.54) is 5.56 Å². The molecule has 0 bridgehead atoms. The van der Waals surface area contributed by atoms with Gasteiger partial charge in [-0.1, -0.05) is 6.07 Å². The highest BCUT2D eigenvalue weighted by Crippen LogP contribution is 2.25. The summed E-state index contributed by atoms with van der Waals surface area (Å²) in [5.41, 5.74) is 4.09. The van der Waals surface area contributed by atoms with Crippen LogP contribution >= 0.6 is 0 Å². The number of hydrogen-bond acceptors (Lipinski definition) is 7. The minimum atomic E-state index is -0.460. The Morgan fingerprint density at radius 3 is 2.75 bits per heavy atom. The van der Waals surface area contributed by atoms with Gasteiger partial charge in [-0.05, 0) is 36.6 Å². The molecule has 1 amide bonds. The molecule has 3 aromatic rings. The first kappa shape index (κ1) is 17.9. The summed E-state index contributed by atoms with van der Waals surface area (Å²) in [6, 6.07) is 7.93. The molecule has 0 radical (unpaired) electrons. The van der Waals surface area contributed by atoms with Crippen LogP contribution in [-0.4, -0.2) is 49.2 Å². The number of carbonyl (C=O) groups is 1. The van der Waals surface area contributed by atoms with Crippen LogP contribution in [0.25, 0.3) is 0 Å². The van der Waals surface area contributed by atoms with Crippen molar-refractivity contribution in [1.82, 2.24) is 25.1 Å². The van der Waals surface area contributed by atoms with Crippen LogP contribution in [0.1, 0.15) is 16.8 Å². The van der Waals surface area contributed by atoms with Gasteiger partial charge in [0.1, 0.15) is 6.61 Å². The number of fused-ring (bicyclic) bond motifs is 1. The van der Waals surface area contributed by atoms with Crippen molar-refractivity contribution in [3.8, 4) is 0 Å². The van der Waals surface area contributed by atoms with Gasteiger partial charge < -0.3 is 20.6 Å². The molecule has 1 aliphatic rings. The molecule has 0 atom stereocenters. The number of aromatic amines is 1. The summed E-state index contributed by atoms with van der Waals surface area (Å²) >= 11 is 0. The standard InChI is InChI=1S/C19H21N7O2/c1-12-6-16(25-24-12)22-18-9-20-8-17(23-18)21-15-3-2-13-4-5-26(19(28)11-27)10-14(13)7-15/h2-3,6-9,27H,4-5,10-11H2,1H3,(H3,21,22,23,24,25). The van der Waals surface area contributed by atoms with Gasteiger partial charge in [0, 0.05) is 30.5 Å². The van der Waals surface area contributed by atoms with E-state index in [0.717, 1.165) is 23.4 Å². The van der Waals surface area contributed by atoms with Gasteiger partial charge in [0.05, 0.1) is 12.4 Å². The molecule has 4 rings (SSSR count). The first-order chi connectivity index (χ1) is 13.6. The summed E-state index contributed by atoms with van der Waals surface area (Å²) < 4.78 is 0. The first-order valence-corrected chi connectivity index (χ1v) is 8.99. The normalized spacial score (nSPS) is 13.1. The minimum absolute atomic E-state index is 0.248. The number of aliphatic hydroxyl groups excluding tert-OH is 1. The number of nitrogens with zero attached hydrogens (tertiary/aromatic N) is 4. The second-order valence-corrected chi connectivity index (χ2v) is 6.68. The van der Waals surface area contributed by atoms with Gasteiger partial charge in [-0.3, -0.25) is 14.9 Å². The van der Waals surface area contributed by atoms with Crippen molar-refractivity contribution in [3.63, 3.8) is 0 Å². The average Bonchev–Trinajstić information content (AvgIpc) is 3.11. The average molecular weight is 379 g/mol. The molecular weight excluding hydrogens is 358 g/mol. The molecule has 1 aliphatic heterocycles. The molecule has 28 heavy (non-hydrogen) atoms. The number of anilines is 4. The first-order valence-electron chi connectivity index (χ1n) is 8.99. The lowest BCUT2D eigenvalue weighted by atomic mass is 9.99. The Morgan fingerprint density at radius 1 is 1.18 bits per heavy atom. The van der Waals surface area contributed by atoms with Crippen LogP contribution in [0.15, 0.2) is 36.7 Å². The van der Waals surface area contributed by atoms with Gasteiger partial charge in [0.2, 0.25) is 5.91 Å². The highest BCUT2D eigenvalue weighted by Gasteiger charge is 2.20. The molecule has 3 heterocycles. The van der Waals surface area contributed by atoms with E-state index in [0.29, 0.717) is 30.5 Å². The molecule has 2 aromatic heterocycles. The van der Waals surface area contributed by atoms with Crippen molar-refractivity contribution >= 4 is 29.0 Å². The van der Waals surface area contributed by atoms with Crippen LogP contribution in [0.5, 0.6) is 0 Å². The monoisotopic (exact) mass is 379 g/mol. The number of rotatable bonds is 5. The van der Waals surface area contributed by atoms with Crippen molar-refractivity contribution in [3.05, 3.63) is 53.5 Å². The fourth-order valence-corrected chi connectivity index (χ4v) is 3.20. The summed E-state index contributed by atoms with van der Waals surface area (Å²) in [6.45, 7) is 2.59. The number of aromatic nitrogens is 4. The second kappa shape index (κ2) is 7.65. The summed E-state index contributed by atoms with van der Waals surface area (Å²) in [7, 11) is 0. The molecular formula is C19H21N7O2. The number of amides is 1. The van der Waals surface area contributed by atoms with E-state index in [9.17, 15) is 4.79 Å². The molecule has 0 spiro atoms. The predicted molar refractivity (Wildman–Crippen MR) is 105 cm³/mol. The topological polar surface area (TPSA) is 119 Å². The van der Waals surface area contributed by atoms with E-state index in [2.05, 4.69) is 36.9 Å². The lowest BCUT2D eigenvalue weighted by Crippen LogP contribution is -2.37. The maximum atomic E-state index is 11.8. The smallest absolute Gasteiger partial charge is 0.248 e. The van der Waals surface area contributed by atoms with Gasteiger partial charge in [0.15, 0.2) is 17.5 Å². The van der Waals surface area contributed by atoms with E-state index < -0.39 is 6.61 Å². The zero-order valence-corrected chi connectivity index (χ0v) is 15.4. The van der Waals surface area contributed by atoms with Gasteiger partial charge >= 0.3 is 0 Å². The molecule has 1 aromatic carbocycles. The van der Waals surface area contributed by atoms with E-state index in [4.69, 9.17) is 5.11 Å². The third kappa shape index (κ3) is 3.94. The number of nitrogens with one attached hydrogen (secondary N) is 3. The quantitative estimate of drug-likeness (QED) is 0.534. The zero-order valence-electron chi connectivity index (χ0n) is 15.4. The third-order valence-corrected chi connectivity index (χ3v) is 4.58. The molecule has 4 N–H and O–H groups in total. The molecule has 0 unspecified atom stereocenters. The number of carbonyl (C=O) groups excluding carboxylic acids is 1. The molecule has 0 aliphatic carbocycles. The van der Waals surface area contributed by atoms with E-state index >= 15 is 0 Å². The maximum absolute atomic E-state index is 11.8. The van der Waals surface area contributed by atoms with Gasteiger partial charge in [0.25, 0.3) is 0 Å². The Morgan fingerprint density at radius 2 is 2.00 bits per heavy atom. The SMILES string of the molecule is Cc1cc(Nc2cncc(Nc3ccc4c(c3)CN(C(=O)CO)CC4)n2)n[nH]1. The van der Waals surface area contributed by atoms with Crippen LogP contribution < -0.4 is 10.6 Å². The van der Waals surface area contributed by atoms with Crippen LogP contribution in [0.3, 0.4) is 0 Å². The summed E-state index contributed by atoms with van der Waals surface area (Å²) in [5.74, 6) is 1.60. The van der Waals surface area contributed by atoms with Crippen LogP contribution in [0.2, 0.25) is 0 Å². The lowest BCUT2D eigenvalue weighted by molar-refractivity contribution is -0.135. The fraction of sp³-hybridized carbons (Fsp3) is 0.263. The van der Waals surface area contributed by atoms with Crippen LogP contribution in [-0.2, 0) is 17.8 Å². The van der Waals surface area contributed by atoms with Crippen LogP contribution in [0.4, 0.5) is 23.1 Å². The highest BCUT2D eigenvalue weighted by molar-refractivity contribution is 5.77. The van der Waals surface area contributed by atoms with Crippen LogP contribution in [0, 0.1) is 6.92 Å². The van der Waals surface area contributed by atoms with Gasteiger partial charge in [-0.15, -0.1) is 0 Å². The van der Waals surface area contributed by atoms with Crippen molar-refractivity contribution in [2.75, 3.05) is 23.8 Å². The largest absolute Gasteiger partial charge is 0.387 e. The van der Waals surface area contributed by atoms with E-state index in [-0.39, 0.29) is 5.91 Å². The highest BCUT2D eigenvalue weighted by atomic mass is 16.3. The van der Waals surface area contributed by atoms with Crippen molar-refractivity contribution in [2.24, 2.45) is 0 Å². The van der Waals surface area contributed by atoms with Crippen molar-refractivity contribution in [2.45, 2.75) is 19.9 Å². The number of aliphatic hydroxyl groups is 1. The van der Waals surface area contributed by atoms with E-state index in [1.807, 2.05) is 25.1 Å². The zero-order chi connectivity index (χ0) is 19.5. The summed E-state index contributed by atoms with van der Waals surface area (Å²) in [5, 5.41) is 22.4. The number of H-pyrrole nitrogens is 1. The minimum Gasteiger partial charge on any atom is -0.387 e. The lowest BCUT2D eigenvalue weighted by Gasteiger charge is -2.28. The molecule has 0 fully saturated rings. The maximum Gasteiger partial charge on any atom is 0.248 e. The Hall–Kier alpha value is -3.46. The summed E-state index contributed by atoms with van der Waals surface area (Å²) in [4.78, 5) is 22.2. The molecule has 0 saturated heterocycles. The number of hydrogen-bond donors (Lipinski definition) is 4. The van der Waals surface area contributed by atoms with Crippen molar-refractivity contribution in [1.29, 1.82) is 0 Å². The predicted octanol–water partition coefficient (Wildman–Crippen LogP) is 1.87. The van der Waals surface area contributed by atoms with E-state index in [1.54, 1.807) is 17.3 Å². The molecule has 9 nitrogen and oxygen atoms in total.